The van der Waals surface area contributed by atoms with E-state index in [-0.39, 0.29) is 0 Å². The third-order valence-corrected chi connectivity index (χ3v) is 3.49. The number of anilines is 1. The summed E-state index contributed by atoms with van der Waals surface area (Å²) in [5.41, 5.74) is 8.38. The van der Waals surface area contributed by atoms with Crippen molar-refractivity contribution >= 4 is 17.4 Å². The smallest absolute Gasteiger partial charge is 0.0992 e. The number of hydrogen-bond acceptors (Lipinski definition) is 3. The van der Waals surface area contributed by atoms with Crippen molar-refractivity contribution in [2.45, 2.75) is 16.7 Å². The van der Waals surface area contributed by atoms with Crippen LogP contribution in [0.25, 0.3) is 0 Å². The molecular formula is C14H12N2S. The fourth-order valence-electron chi connectivity index (χ4n) is 1.44. The van der Waals surface area contributed by atoms with E-state index >= 15 is 0 Å². The van der Waals surface area contributed by atoms with E-state index < -0.39 is 0 Å². The van der Waals surface area contributed by atoms with Gasteiger partial charge in [-0.2, -0.15) is 5.26 Å². The molecule has 0 fully saturated rings. The first-order valence-electron chi connectivity index (χ1n) is 5.23. The number of rotatable bonds is 2. The van der Waals surface area contributed by atoms with Crippen molar-refractivity contribution in [2.75, 3.05) is 5.73 Å². The van der Waals surface area contributed by atoms with Crippen LogP contribution in [0.1, 0.15) is 11.1 Å². The lowest BCUT2D eigenvalue weighted by Gasteiger charge is -2.05. The summed E-state index contributed by atoms with van der Waals surface area (Å²) in [6, 6.07) is 15.7. The molecule has 2 aromatic carbocycles. The van der Waals surface area contributed by atoms with Crippen LogP contribution in [0.2, 0.25) is 0 Å². The summed E-state index contributed by atoms with van der Waals surface area (Å²) >= 11 is 1.61. The minimum Gasteiger partial charge on any atom is -0.398 e. The normalized spacial score (nSPS) is 9.88. The van der Waals surface area contributed by atoms with Crippen molar-refractivity contribution in [1.82, 2.24) is 0 Å². The first-order valence-corrected chi connectivity index (χ1v) is 6.05. The van der Waals surface area contributed by atoms with E-state index in [2.05, 4.69) is 37.3 Å². The highest BCUT2D eigenvalue weighted by atomic mass is 32.2. The lowest BCUT2D eigenvalue weighted by atomic mass is 10.2. The summed E-state index contributed by atoms with van der Waals surface area (Å²) in [5, 5.41) is 8.76. The average molecular weight is 240 g/mol. The minimum absolute atomic E-state index is 0.593. The second-order valence-electron chi connectivity index (χ2n) is 3.78. The van der Waals surface area contributed by atoms with Gasteiger partial charge in [0.25, 0.3) is 0 Å². The SMILES string of the molecule is Cc1ccc(Sc2ccc(C#N)cc2N)cc1. The summed E-state index contributed by atoms with van der Waals surface area (Å²) in [6.45, 7) is 2.06. The van der Waals surface area contributed by atoms with Crippen LogP contribution in [0.15, 0.2) is 52.3 Å². The third-order valence-electron chi connectivity index (χ3n) is 2.39. The first-order chi connectivity index (χ1) is 8.19. The largest absolute Gasteiger partial charge is 0.398 e. The number of nitrogen functional groups attached to an aromatic ring is 1. The lowest BCUT2D eigenvalue weighted by Crippen LogP contribution is -1.89. The van der Waals surface area contributed by atoms with Crippen molar-refractivity contribution in [2.24, 2.45) is 0 Å². The molecule has 84 valence electrons. The van der Waals surface area contributed by atoms with Gasteiger partial charge in [-0.25, -0.2) is 0 Å². The van der Waals surface area contributed by atoms with Crippen LogP contribution in [-0.4, -0.2) is 0 Å². The van der Waals surface area contributed by atoms with E-state index in [0.717, 1.165) is 9.79 Å². The van der Waals surface area contributed by atoms with Gasteiger partial charge in [0.1, 0.15) is 0 Å². The monoisotopic (exact) mass is 240 g/mol. The summed E-state index contributed by atoms with van der Waals surface area (Å²) in [7, 11) is 0. The molecule has 17 heavy (non-hydrogen) atoms. The maximum Gasteiger partial charge on any atom is 0.0992 e. The van der Waals surface area contributed by atoms with Crippen LogP contribution in [-0.2, 0) is 0 Å². The van der Waals surface area contributed by atoms with Crippen molar-refractivity contribution in [1.29, 1.82) is 5.26 Å². The van der Waals surface area contributed by atoms with E-state index in [1.54, 1.807) is 23.9 Å². The Kier molecular flexibility index (Phi) is 3.36. The van der Waals surface area contributed by atoms with Crippen molar-refractivity contribution < 1.29 is 0 Å². The zero-order valence-corrected chi connectivity index (χ0v) is 10.3. The number of hydrogen-bond donors (Lipinski definition) is 1. The van der Waals surface area contributed by atoms with Crippen LogP contribution in [0.3, 0.4) is 0 Å². The lowest BCUT2D eigenvalue weighted by molar-refractivity contribution is 1.36. The number of aryl methyl sites for hydroxylation is 1. The van der Waals surface area contributed by atoms with E-state index in [0.29, 0.717) is 11.3 Å². The standard InChI is InChI=1S/C14H12N2S/c1-10-2-5-12(6-3-10)17-14-7-4-11(9-15)8-13(14)16/h2-8H,16H2,1H3. The molecule has 0 unspecified atom stereocenters. The third kappa shape index (κ3) is 2.80. The van der Waals surface area contributed by atoms with E-state index in [1.165, 1.54) is 5.56 Å². The molecule has 0 aromatic heterocycles. The average Bonchev–Trinajstić information content (AvgIpc) is 2.34. The van der Waals surface area contributed by atoms with Crippen LogP contribution < -0.4 is 5.73 Å². The number of nitrogens with zero attached hydrogens (tertiary/aromatic N) is 1. The number of nitrogens with two attached hydrogens (primary N) is 1. The first kappa shape index (κ1) is 11.6. The highest BCUT2D eigenvalue weighted by Crippen LogP contribution is 2.32. The molecule has 0 amide bonds. The van der Waals surface area contributed by atoms with Gasteiger partial charge in [-0.1, -0.05) is 29.5 Å². The highest BCUT2D eigenvalue weighted by Gasteiger charge is 2.03. The van der Waals surface area contributed by atoms with E-state index in [9.17, 15) is 0 Å². The van der Waals surface area contributed by atoms with Gasteiger partial charge in [-0.15, -0.1) is 0 Å². The molecule has 0 heterocycles. The molecule has 2 N–H and O–H groups in total. The molecule has 0 radical (unpaired) electrons. The zero-order chi connectivity index (χ0) is 12.3. The Morgan fingerprint density at radius 2 is 1.82 bits per heavy atom. The molecule has 2 nitrogen and oxygen atoms in total. The molecule has 0 saturated carbocycles. The predicted molar refractivity (Wildman–Crippen MR) is 70.9 cm³/mol. The minimum atomic E-state index is 0.593. The molecule has 0 atom stereocenters. The molecule has 2 aromatic rings. The summed E-state index contributed by atoms with van der Waals surface area (Å²) in [5.74, 6) is 0. The predicted octanol–water partition coefficient (Wildman–Crippen LogP) is 3.60. The Hall–Kier alpha value is -1.92. The topological polar surface area (TPSA) is 49.8 Å². The molecule has 0 aliphatic heterocycles. The van der Waals surface area contributed by atoms with E-state index in [4.69, 9.17) is 11.0 Å². The van der Waals surface area contributed by atoms with E-state index in [1.807, 2.05) is 6.07 Å². The molecule has 0 aliphatic carbocycles. The van der Waals surface area contributed by atoms with Gasteiger partial charge in [0, 0.05) is 15.5 Å². The number of benzene rings is 2. The zero-order valence-electron chi connectivity index (χ0n) is 9.47. The van der Waals surface area contributed by atoms with Crippen LogP contribution >= 0.6 is 11.8 Å². The van der Waals surface area contributed by atoms with Gasteiger partial charge in [0.15, 0.2) is 0 Å². The summed E-state index contributed by atoms with van der Waals surface area (Å²) < 4.78 is 0. The van der Waals surface area contributed by atoms with Gasteiger partial charge in [0.2, 0.25) is 0 Å². The van der Waals surface area contributed by atoms with Crippen LogP contribution in [0.5, 0.6) is 0 Å². The molecule has 0 bridgehead atoms. The summed E-state index contributed by atoms with van der Waals surface area (Å²) in [4.78, 5) is 2.12. The molecule has 3 heteroatoms. The number of nitriles is 1. The Balaban J connectivity index is 2.25. The van der Waals surface area contributed by atoms with Crippen molar-refractivity contribution in [3.63, 3.8) is 0 Å². The molecule has 2 rings (SSSR count). The fraction of sp³-hybridized carbons (Fsp3) is 0.0714. The van der Waals surface area contributed by atoms with Gasteiger partial charge in [-0.3, -0.25) is 0 Å². The summed E-state index contributed by atoms with van der Waals surface area (Å²) in [6.07, 6.45) is 0. The van der Waals surface area contributed by atoms with Gasteiger partial charge in [0.05, 0.1) is 11.6 Å². The second kappa shape index (κ2) is 4.94. The Bertz CT molecular complexity index is 568. The van der Waals surface area contributed by atoms with Crippen LogP contribution in [0.4, 0.5) is 5.69 Å². The fourth-order valence-corrected chi connectivity index (χ4v) is 2.28. The van der Waals surface area contributed by atoms with Crippen LogP contribution in [0, 0.1) is 18.3 Å². The van der Waals surface area contributed by atoms with Crippen molar-refractivity contribution in [3.8, 4) is 6.07 Å². The molecule has 0 spiro atoms. The Labute approximate surface area is 105 Å². The molecule has 0 aliphatic rings. The van der Waals surface area contributed by atoms with Gasteiger partial charge in [-0.05, 0) is 37.3 Å². The Morgan fingerprint density at radius 3 is 2.41 bits per heavy atom. The molecular weight excluding hydrogens is 228 g/mol. The van der Waals surface area contributed by atoms with Gasteiger partial charge < -0.3 is 5.73 Å². The van der Waals surface area contributed by atoms with Gasteiger partial charge >= 0.3 is 0 Å². The van der Waals surface area contributed by atoms with Crippen molar-refractivity contribution in [3.05, 3.63) is 53.6 Å². The maximum absolute atomic E-state index is 8.76. The second-order valence-corrected chi connectivity index (χ2v) is 4.89. The molecule has 0 saturated heterocycles. The Morgan fingerprint density at radius 1 is 1.12 bits per heavy atom. The quantitative estimate of drug-likeness (QED) is 0.816. The maximum atomic E-state index is 8.76. The highest BCUT2D eigenvalue weighted by molar-refractivity contribution is 7.99.